The first-order valence-electron chi connectivity index (χ1n) is 6.47. The molecule has 0 atom stereocenters. The zero-order valence-corrected chi connectivity index (χ0v) is 12.2. The monoisotopic (exact) mass is 298 g/mol. The number of nitrogens with one attached hydrogen (secondary N) is 1. The van der Waals surface area contributed by atoms with Crippen LogP contribution in [0.2, 0.25) is 0 Å². The van der Waals surface area contributed by atoms with Crippen LogP contribution in [0.3, 0.4) is 0 Å². The summed E-state index contributed by atoms with van der Waals surface area (Å²) in [6.45, 7) is 5.67. The van der Waals surface area contributed by atoms with Gasteiger partial charge in [0, 0.05) is 5.56 Å². The van der Waals surface area contributed by atoms with Crippen molar-refractivity contribution < 1.29 is 15.4 Å². The first-order valence-corrected chi connectivity index (χ1v) is 6.47. The normalized spacial score (nSPS) is 10.5. The highest BCUT2D eigenvalue weighted by Crippen LogP contribution is 2.12. The van der Waals surface area contributed by atoms with Gasteiger partial charge in [0.1, 0.15) is 0 Å². The molecule has 2 rings (SSSR count). The van der Waals surface area contributed by atoms with E-state index in [-0.39, 0.29) is 11.0 Å². The van der Waals surface area contributed by atoms with Crippen molar-refractivity contribution >= 4 is 17.4 Å². The molecule has 0 amide bonds. The Bertz CT molecular complexity index is 694. The van der Waals surface area contributed by atoms with E-state index in [0.717, 1.165) is 5.56 Å². The molecule has 2 aromatic rings. The molecule has 0 saturated carbocycles. The molecule has 0 saturated heterocycles. The van der Waals surface area contributed by atoms with Crippen molar-refractivity contribution in [3.05, 3.63) is 77.9 Å². The number of aromatic carboxylic acids is 1. The van der Waals surface area contributed by atoms with Crippen molar-refractivity contribution in [1.29, 1.82) is 0 Å². The predicted octanol–water partition coefficient (Wildman–Crippen LogP) is 2.54. The van der Waals surface area contributed by atoms with Gasteiger partial charge < -0.3 is 10.6 Å². The molecule has 0 bridgehead atoms. The lowest BCUT2D eigenvalue weighted by atomic mass is 10.0. The average Bonchev–Trinajstić information content (AvgIpc) is 2.53. The number of hydrogen-bond acceptors (Lipinski definition) is 3. The molecule has 0 aliphatic heterocycles. The second-order valence-corrected chi connectivity index (χ2v) is 4.50. The fraction of sp³-hybridized carbons (Fsp3) is 0.0588. The number of carboxylic acid groups (broad SMARTS) is 1. The van der Waals surface area contributed by atoms with Gasteiger partial charge in [0.15, 0.2) is 0 Å². The largest absolute Gasteiger partial charge is 0.478 e. The number of carboxylic acids is 1. The lowest BCUT2D eigenvalue weighted by molar-refractivity contribution is 0.0696. The van der Waals surface area contributed by atoms with E-state index in [9.17, 15) is 9.90 Å². The van der Waals surface area contributed by atoms with Crippen molar-refractivity contribution in [2.24, 2.45) is 5.10 Å². The van der Waals surface area contributed by atoms with Crippen LogP contribution in [0.5, 0.6) is 0 Å². The Balaban J connectivity index is 0.00000242. The Morgan fingerprint density at radius 1 is 1.05 bits per heavy atom. The molecule has 0 fully saturated rings. The Labute approximate surface area is 128 Å². The molecule has 0 aliphatic carbocycles. The maximum Gasteiger partial charge on any atom is 0.336 e. The fourth-order valence-electron chi connectivity index (χ4n) is 1.90. The van der Waals surface area contributed by atoms with E-state index in [1.165, 1.54) is 0 Å². The number of carbonyl (C=O) groups is 1. The highest BCUT2D eigenvalue weighted by atomic mass is 16.4. The summed E-state index contributed by atoms with van der Waals surface area (Å²) in [5.41, 5.74) is 5.85. The molecule has 5 heteroatoms. The van der Waals surface area contributed by atoms with Crippen molar-refractivity contribution in [3.63, 3.8) is 0 Å². The topological polar surface area (TPSA) is 93.2 Å². The molecule has 0 unspecified atom stereocenters. The van der Waals surface area contributed by atoms with Gasteiger partial charge in [-0.25, -0.2) is 4.79 Å². The van der Waals surface area contributed by atoms with Gasteiger partial charge in [0.25, 0.3) is 0 Å². The second-order valence-electron chi connectivity index (χ2n) is 4.50. The number of benzene rings is 2. The van der Waals surface area contributed by atoms with Gasteiger partial charge in [-0.2, -0.15) is 5.10 Å². The summed E-state index contributed by atoms with van der Waals surface area (Å²) in [6.07, 6.45) is 0. The van der Waals surface area contributed by atoms with Crippen LogP contribution in [0.25, 0.3) is 5.70 Å². The summed E-state index contributed by atoms with van der Waals surface area (Å²) in [7, 11) is 0. The molecule has 5 nitrogen and oxygen atoms in total. The van der Waals surface area contributed by atoms with E-state index in [0.29, 0.717) is 17.0 Å². The minimum atomic E-state index is -0.970. The third kappa shape index (κ3) is 4.04. The molecule has 0 spiro atoms. The van der Waals surface area contributed by atoms with Gasteiger partial charge in [-0.1, -0.05) is 55.1 Å². The zero-order valence-electron chi connectivity index (χ0n) is 12.2. The predicted molar refractivity (Wildman–Crippen MR) is 87.8 cm³/mol. The highest BCUT2D eigenvalue weighted by molar-refractivity contribution is 6.07. The minimum Gasteiger partial charge on any atom is -0.478 e. The van der Waals surface area contributed by atoms with Gasteiger partial charge in [-0.15, -0.1) is 0 Å². The molecular weight excluding hydrogens is 280 g/mol. The van der Waals surface area contributed by atoms with Crippen molar-refractivity contribution in [2.45, 2.75) is 6.92 Å². The van der Waals surface area contributed by atoms with Crippen molar-refractivity contribution in [2.75, 3.05) is 0 Å². The first kappa shape index (κ1) is 17.1. The molecule has 2 aromatic carbocycles. The quantitative estimate of drug-likeness (QED) is 0.656. The Hall–Kier alpha value is -2.92. The molecule has 0 aliphatic rings. The van der Waals surface area contributed by atoms with Gasteiger partial charge in [-0.3, -0.25) is 5.43 Å². The van der Waals surface area contributed by atoms with E-state index in [1.807, 2.05) is 30.3 Å². The summed E-state index contributed by atoms with van der Waals surface area (Å²) in [5.74, 6) is -0.970. The lowest BCUT2D eigenvalue weighted by Gasteiger charge is -2.08. The molecule has 114 valence electrons. The summed E-state index contributed by atoms with van der Waals surface area (Å²) in [4.78, 5) is 11.2. The summed E-state index contributed by atoms with van der Waals surface area (Å²) >= 11 is 0. The van der Waals surface area contributed by atoms with E-state index in [1.54, 1.807) is 31.2 Å². The minimum absolute atomic E-state index is 0. The van der Waals surface area contributed by atoms with E-state index in [2.05, 4.69) is 17.1 Å². The van der Waals surface area contributed by atoms with Crippen LogP contribution < -0.4 is 5.43 Å². The van der Waals surface area contributed by atoms with Gasteiger partial charge in [0.05, 0.1) is 17.0 Å². The molecule has 0 aromatic heterocycles. The number of hydrazone groups is 1. The Morgan fingerprint density at radius 2 is 1.59 bits per heavy atom. The van der Waals surface area contributed by atoms with Crippen LogP contribution in [0, 0.1) is 0 Å². The van der Waals surface area contributed by atoms with Gasteiger partial charge in [-0.05, 0) is 18.6 Å². The molecular formula is C17H18N2O3. The van der Waals surface area contributed by atoms with Gasteiger partial charge in [0.2, 0.25) is 0 Å². The zero-order chi connectivity index (χ0) is 15.2. The van der Waals surface area contributed by atoms with Crippen LogP contribution >= 0.6 is 0 Å². The van der Waals surface area contributed by atoms with E-state index >= 15 is 0 Å². The van der Waals surface area contributed by atoms with Crippen LogP contribution in [0.1, 0.15) is 28.4 Å². The Kier molecular flexibility index (Phi) is 6.04. The molecule has 22 heavy (non-hydrogen) atoms. The van der Waals surface area contributed by atoms with Crippen LogP contribution in [0.15, 0.2) is 66.3 Å². The average molecular weight is 298 g/mol. The van der Waals surface area contributed by atoms with E-state index < -0.39 is 5.97 Å². The maximum absolute atomic E-state index is 11.2. The maximum atomic E-state index is 11.2. The smallest absolute Gasteiger partial charge is 0.336 e. The molecule has 0 heterocycles. The number of nitrogens with zero attached hydrogens (tertiary/aromatic N) is 1. The van der Waals surface area contributed by atoms with Crippen LogP contribution in [-0.2, 0) is 0 Å². The number of hydrogen-bond donors (Lipinski definition) is 2. The van der Waals surface area contributed by atoms with Crippen LogP contribution in [-0.4, -0.2) is 22.3 Å². The number of rotatable bonds is 5. The third-order valence-corrected chi connectivity index (χ3v) is 3.03. The summed E-state index contributed by atoms with van der Waals surface area (Å²) in [5, 5.41) is 13.4. The Morgan fingerprint density at radius 3 is 2.18 bits per heavy atom. The van der Waals surface area contributed by atoms with Crippen LogP contribution in [0.4, 0.5) is 0 Å². The standard InChI is InChI=1S/C17H16N2O2.H2O/c1-12(14-8-4-3-5-9-14)18-19-13(2)15-10-6-7-11-16(15)17(20)21;/h3-11,18H,1H2,2H3,(H,20,21);1H2/b19-13+;. The highest BCUT2D eigenvalue weighted by Gasteiger charge is 2.11. The lowest BCUT2D eigenvalue weighted by Crippen LogP contribution is -2.11. The van der Waals surface area contributed by atoms with Crippen molar-refractivity contribution in [3.8, 4) is 0 Å². The first-order chi connectivity index (χ1) is 10.1. The SMILES string of the molecule is C=C(N/N=C(\C)c1ccccc1C(=O)O)c1ccccc1.O. The summed E-state index contributed by atoms with van der Waals surface area (Å²) in [6, 6.07) is 16.4. The van der Waals surface area contributed by atoms with Crippen molar-refractivity contribution in [1.82, 2.24) is 5.43 Å². The molecule has 4 N–H and O–H groups in total. The third-order valence-electron chi connectivity index (χ3n) is 3.03. The fourth-order valence-corrected chi connectivity index (χ4v) is 1.90. The van der Waals surface area contributed by atoms with Gasteiger partial charge >= 0.3 is 5.97 Å². The van der Waals surface area contributed by atoms with E-state index in [4.69, 9.17) is 0 Å². The molecule has 0 radical (unpaired) electrons. The summed E-state index contributed by atoms with van der Waals surface area (Å²) < 4.78 is 0. The second kappa shape index (κ2) is 7.75.